The molecule has 1 aromatic rings. The average molecular weight is 167 g/mol. The summed E-state index contributed by atoms with van der Waals surface area (Å²) in [5.41, 5.74) is 0.315. The highest BCUT2D eigenvalue weighted by Crippen LogP contribution is 1.99. The van der Waals surface area contributed by atoms with Crippen molar-refractivity contribution < 1.29 is 9.53 Å². The molecule has 5 nitrogen and oxygen atoms in total. The van der Waals surface area contributed by atoms with Crippen LogP contribution in [-0.4, -0.2) is 29.2 Å². The van der Waals surface area contributed by atoms with E-state index in [4.69, 9.17) is 0 Å². The van der Waals surface area contributed by atoms with Crippen molar-refractivity contribution in [3.63, 3.8) is 0 Å². The second kappa shape index (κ2) is 3.66. The van der Waals surface area contributed by atoms with Crippen LogP contribution in [0, 0.1) is 0 Å². The Morgan fingerprint density at radius 1 is 1.83 bits per heavy atom. The number of ether oxygens (including phenoxy) is 1. The first kappa shape index (κ1) is 8.45. The molecule has 0 unspecified atom stereocenters. The summed E-state index contributed by atoms with van der Waals surface area (Å²) in [4.78, 5) is 12.2. The van der Waals surface area contributed by atoms with Crippen molar-refractivity contribution in [3.8, 4) is 0 Å². The molecule has 0 radical (unpaired) electrons. The summed E-state index contributed by atoms with van der Waals surface area (Å²) < 4.78 is 4.51. The van der Waals surface area contributed by atoms with Gasteiger partial charge in [0.15, 0.2) is 5.69 Å². The maximum absolute atomic E-state index is 11.0. The number of methoxy groups -OCH3 is 1. The maximum Gasteiger partial charge on any atom is 0.358 e. The number of esters is 1. The van der Waals surface area contributed by atoms with Crippen LogP contribution >= 0.6 is 0 Å². The van der Waals surface area contributed by atoms with E-state index < -0.39 is 5.97 Å². The van der Waals surface area contributed by atoms with Gasteiger partial charge in [0.25, 0.3) is 0 Å². The third-order valence-electron chi connectivity index (χ3n) is 1.24. The first-order valence-corrected chi connectivity index (χ1v) is 3.41. The molecule has 0 aliphatic heterocycles. The molecule has 1 rings (SSSR count). The molecule has 0 bridgehead atoms. The Kier molecular flexibility index (Phi) is 2.57. The van der Waals surface area contributed by atoms with Crippen LogP contribution in [0.2, 0.25) is 0 Å². The van der Waals surface area contributed by atoms with Crippen LogP contribution in [0.3, 0.4) is 0 Å². The zero-order valence-corrected chi connectivity index (χ0v) is 6.89. The van der Waals surface area contributed by atoms with Gasteiger partial charge in [-0.25, -0.2) is 4.79 Å². The zero-order chi connectivity index (χ0) is 8.97. The largest absolute Gasteiger partial charge is 0.464 e. The van der Waals surface area contributed by atoms with E-state index in [2.05, 4.69) is 14.9 Å². The SMILES string of the molecule is CC=Nn1nccc1C(=O)OC. The fourth-order valence-electron chi connectivity index (χ4n) is 0.752. The topological polar surface area (TPSA) is 56.5 Å². The lowest BCUT2D eigenvalue weighted by molar-refractivity contribution is 0.0588. The molecule has 0 amide bonds. The monoisotopic (exact) mass is 167 g/mol. The average Bonchev–Trinajstić information content (AvgIpc) is 2.52. The normalized spacial score (nSPS) is 10.5. The van der Waals surface area contributed by atoms with Gasteiger partial charge in [0, 0.05) is 6.21 Å². The molecule has 0 fully saturated rings. The summed E-state index contributed by atoms with van der Waals surface area (Å²) in [5.74, 6) is -0.446. The van der Waals surface area contributed by atoms with E-state index in [-0.39, 0.29) is 0 Å². The Hall–Kier alpha value is -1.65. The zero-order valence-electron chi connectivity index (χ0n) is 6.89. The van der Waals surface area contributed by atoms with Gasteiger partial charge in [0.1, 0.15) is 0 Å². The van der Waals surface area contributed by atoms with Crippen molar-refractivity contribution in [2.45, 2.75) is 6.92 Å². The second-order valence-corrected chi connectivity index (χ2v) is 1.97. The molecule has 0 atom stereocenters. The number of aromatic nitrogens is 2. The summed E-state index contributed by atoms with van der Waals surface area (Å²) in [6.07, 6.45) is 3.03. The van der Waals surface area contributed by atoms with Crippen LogP contribution in [0.4, 0.5) is 0 Å². The second-order valence-electron chi connectivity index (χ2n) is 1.97. The molecular weight excluding hydrogens is 158 g/mol. The van der Waals surface area contributed by atoms with Crippen molar-refractivity contribution in [2.24, 2.45) is 5.10 Å². The lowest BCUT2D eigenvalue weighted by Gasteiger charge is -1.97. The van der Waals surface area contributed by atoms with Gasteiger partial charge in [-0.15, -0.1) is 4.79 Å². The van der Waals surface area contributed by atoms with Crippen LogP contribution in [0.5, 0.6) is 0 Å². The Balaban J connectivity index is 2.98. The number of nitrogens with zero attached hydrogens (tertiary/aromatic N) is 3. The first-order chi connectivity index (χ1) is 5.79. The van der Waals surface area contributed by atoms with Gasteiger partial charge >= 0.3 is 5.97 Å². The van der Waals surface area contributed by atoms with Crippen molar-refractivity contribution >= 4 is 12.2 Å². The van der Waals surface area contributed by atoms with Crippen LogP contribution in [0.1, 0.15) is 17.4 Å². The van der Waals surface area contributed by atoms with Gasteiger partial charge in [-0.2, -0.15) is 10.2 Å². The fraction of sp³-hybridized carbons (Fsp3) is 0.286. The van der Waals surface area contributed by atoms with Crippen molar-refractivity contribution in [1.29, 1.82) is 0 Å². The molecule has 0 aliphatic carbocycles. The molecule has 64 valence electrons. The smallest absolute Gasteiger partial charge is 0.358 e. The van der Waals surface area contributed by atoms with Gasteiger partial charge in [0.2, 0.25) is 0 Å². The van der Waals surface area contributed by atoms with E-state index in [0.29, 0.717) is 5.69 Å². The third-order valence-corrected chi connectivity index (χ3v) is 1.24. The highest BCUT2D eigenvalue weighted by Gasteiger charge is 2.10. The van der Waals surface area contributed by atoms with Gasteiger partial charge in [0.05, 0.1) is 13.3 Å². The van der Waals surface area contributed by atoms with E-state index >= 15 is 0 Å². The Morgan fingerprint density at radius 3 is 3.17 bits per heavy atom. The molecule has 0 spiro atoms. The van der Waals surface area contributed by atoms with Gasteiger partial charge in [-0.3, -0.25) is 0 Å². The first-order valence-electron chi connectivity index (χ1n) is 3.41. The van der Waals surface area contributed by atoms with E-state index in [1.807, 2.05) is 0 Å². The van der Waals surface area contributed by atoms with Crippen molar-refractivity contribution in [3.05, 3.63) is 18.0 Å². The van der Waals surface area contributed by atoms with Crippen LogP contribution in [-0.2, 0) is 4.74 Å². The number of rotatable bonds is 2. The highest BCUT2D eigenvalue weighted by atomic mass is 16.5. The standard InChI is InChI=1S/C7H9N3O2/c1-3-8-10-6(4-5-9-10)7(11)12-2/h3-5H,1-2H3. The summed E-state index contributed by atoms with van der Waals surface area (Å²) >= 11 is 0. The summed E-state index contributed by atoms with van der Waals surface area (Å²) in [5, 5.41) is 7.61. The molecule has 1 heterocycles. The summed E-state index contributed by atoms with van der Waals surface area (Å²) in [7, 11) is 1.31. The minimum Gasteiger partial charge on any atom is -0.464 e. The van der Waals surface area contributed by atoms with Crippen molar-refractivity contribution in [1.82, 2.24) is 9.89 Å². The van der Waals surface area contributed by atoms with Gasteiger partial charge in [-0.05, 0) is 13.0 Å². The third kappa shape index (κ3) is 1.50. The molecule has 0 saturated carbocycles. The maximum atomic E-state index is 11.0. The number of carbonyl (C=O) groups excluding carboxylic acids is 1. The molecule has 1 aromatic heterocycles. The molecule has 0 aliphatic rings. The molecule has 5 heteroatoms. The van der Waals surface area contributed by atoms with Gasteiger partial charge < -0.3 is 4.74 Å². The Bertz CT molecular complexity index is 303. The number of hydrogen-bond acceptors (Lipinski definition) is 4. The van der Waals surface area contributed by atoms with Crippen LogP contribution in [0.25, 0.3) is 0 Å². The van der Waals surface area contributed by atoms with Crippen LogP contribution in [0.15, 0.2) is 17.4 Å². The van der Waals surface area contributed by atoms with E-state index in [1.54, 1.807) is 19.2 Å². The summed E-state index contributed by atoms with van der Waals surface area (Å²) in [6, 6.07) is 1.54. The Labute approximate surface area is 69.6 Å². The van der Waals surface area contributed by atoms with Gasteiger partial charge in [-0.1, -0.05) is 0 Å². The fourth-order valence-corrected chi connectivity index (χ4v) is 0.752. The van der Waals surface area contributed by atoms with Crippen molar-refractivity contribution in [2.75, 3.05) is 7.11 Å². The predicted molar refractivity (Wildman–Crippen MR) is 43.1 cm³/mol. The molecule has 12 heavy (non-hydrogen) atoms. The lowest BCUT2D eigenvalue weighted by atomic mass is 10.4. The van der Waals surface area contributed by atoms with E-state index in [0.717, 1.165) is 0 Å². The van der Waals surface area contributed by atoms with E-state index in [9.17, 15) is 4.79 Å². The minimum atomic E-state index is -0.446. The quantitative estimate of drug-likeness (QED) is 0.476. The number of hydrogen-bond donors (Lipinski definition) is 0. The molecule has 0 N–H and O–H groups in total. The number of carbonyl (C=O) groups is 1. The minimum absolute atomic E-state index is 0.315. The van der Waals surface area contributed by atoms with E-state index in [1.165, 1.54) is 18.1 Å². The lowest BCUT2D eigenvalue weighted by Crippen LogP contribution is -2.08. The molecule has 0 saturated heterocycles. The molecule has 0 aromatic carbocycles. The molecular formula is C7H9N3O2. The predicted octanol–water partition coefficient (Wildman–Crippen LogP) is 0.523. The van der Waals surface area contributed by atoms with Crippen LogP contribution < -0.4 is 0 Å². The summed E-state index contributed by atoms with van der Waals surface area (Å²) in [6.45, 7) is 1.74. The highest BCUT2D eigenvalue weighted by molar-refractivity contribution is 5.87. The Morgan fingerprint density at radius 2 is 2.58 bits per heavy atom.